The number of terminal acetylenes is 1. The van der Waals surface area contributed by atoms with E-state index < -0.39 is 0 Å². The zero-order valence-corrected chi connectivity index (χ0v) is 14.0. The van der Waals surface area contributed by atoms with Gasteiger partial charge in [0.15, 0.2) is 0 Å². The fourth-order valence-corrected chi connectivity index (χ4v) is 4.62. The number of ketones is 1. The molecule has 4 heteroatoms. The number of rotatable bonds is 5. The molecule has 1 aromatic rings. The summed E-state index contributed by atoms with van der Waals surface area (Å²) in [4.78, 5) is 14.6. The molecule has 0 amide bonds. The second-order valence-corrected chi connectivity index (χ2v) is 7.23. The Morgan fingerprint density at radius 3 is 2.92 bits per heavy atom. The molecule has 1 aromatic carbocycles. The first-order valence-electron chi connectivity index (χ1n) is 8.65. The first kappa shape index (κ1) is 15.7. The van der Waals surface area contributed by atoms with Gasteiger partial charge in [-0.15, -0.1) is 12.3 Å². The molecule has 4 nitrogen and oxygen atoms in total. The minimum absolute atomic E-state index is 0.0851. The molecule has 0 spiro atoms. The first-order valence-corrected chi connectivity index (χ1v) is 8.65. The molecule has 3 aliphatic rings. The van der Waals surface area contributed by atoms with Gasteiger partial charge in [-0.3, -0.25) is 9.69 Å². The van der Waals surface area contributed by atoms with Gasteiger partial charge in [0, 0.05) is 24.4 Å². The van der Waals surface area contributed by atoms with Gasteiger partial charge in [-0.2, -0.15) is 0 Å². The van der Waals surface area contributed by atoms with Crippen molar-refractivity contribution in [3.8, 4) is 18.1 Å². The standard InChI is InChI=1S/C20H23NO3/c1-3-4-9-20-11-15(22)13-21(20)17(19-18(12-20)24-19)10-14-5-7-16(23-2)8-6-14/h1,5-8,17-19H,4,9-13H2,2H3. The lowest BCUT2D eigenvalue weighted by molar-refractivity contribution is -0.117. The molecular formula is C20H23NO3. The van der Waals surface area contributed by atoms with E-state index >= 15 is 0 Å². The Morgan fingerprint density at radius 2 is 2.21 bits per heavy atom. The van der Waals surface area contributed by atoms with Crippen molar-refractivity contribution in [2.75, 3.05) is 13.7 Å². The summed E-state index contributed by atoms with van der Waals surface area (Å²) in [6, 6.07) is 8.45. The lowest BCUT2D eigenvalue weighted by atomic mass is 9.79. The lowest BCUT2D eigenvalue weighted by Gasteiger charge is -2.45. The molecule has 3 saturated heterocycles. The van der Waals surface area contributed by atoms with Gasteiger partial charge in [0.05, 0.1) is 19.8 Å². The van der Waals surface area contributed by atoms with Crippen LogP contribution in [0.1, 0.15) is 31.2 Å². The molecule has 4 atom stereocenters. The monoisotopic (exact) mass is 325 g/mol. The van der Waals surface area contributed by atoms with Gasteiger partial charge >= 0.3 is 0 Å². The van der Waals surface area contributed by atoms with E-state index in [1.54, 1.807) is 7.11 Å². The van der Waals surface area contributed by atoms with Crippen molar-refractivity contribution in [3.05, 3.63) is 29.8 Å². The normalized spacial score (nSPS) is 34.3. The van der Waals surface area contributed by atoms with E-state index in [2.05, 4.69) is 23.0 Å². The largest absolute Gasteiger partial charge is 0.497 e. The molecule has 0 aromatic heterocycles. The molecule has 0 saturated carbocycles. The second kappa shape index (κ2) is 5.91. The van der Waals surface area contributed by atoms with Gasteiger partial charge in [0.2, 0.25) is 0 Å². The van der Waals surface area contributed by atoms with E-state index in [1.807, 2.05) is 12.1 Å². The van der Waals surface area contributed by atoms with Crippen molar-refractivity contribution in [1.29, 1.82) is 0 Å². The van der Waals surface area contributed by atoms with E-state index in [-0.39, 0.29) is 17.7 Å². The fraction of sp³-hybridized carbons (Fsp3) is 0.550. The molecule has 3 heterocycles. The minimum atomic E-state index is -0.0851. The van der Waals surface area contributed by atoms with Crippen LogP contribution >= 0.6 is 0 Å². The zero-order chi connectivity index (χ0) is 16.7. The third-order valence-corrected chi connectivity index (χ3v) is 5.80. The van der Waals surface area contributed by atoms with Crippen molar-refractivity contribution >= 4 is 5.78 Å². The Labute approximate surface area is 143 Å². The number of carbonyl (C=O) groups is 1. The van der Waals surface area contributed by atoms with Crippen LogP contribution in [0.5, 0.6) is 5.75 Å². The van der Waals surface area contributed by atoms with E-state index in [4.69, 9.17) is 15.9 Å². The van der Waals surface area contributed by atoms with Crippen LogP contribution in [-0.2, 0) is 16.0 Å². The van der Waals surface area contributed by atoms with Gasteiger partial charge in [-0.05, 0) is 37.0 Å². The van der Waals surface area contributed by atoms with Crippen molar-refractivity contribution in [2.24, 2.45) is 0 Å². The molecular weight excluding hydrogens is 302 g/mol. The summed E-state index contributed by atoms with van der Waals surface area (Å²) >= 11 is 0. The third-order valence-electron chi connectivity index (χ3n) is 5.80. The Kier molecular flexibility index (Phi) is 3.86. The fourth-order valence-electron chi connectivity index (χ4n) is 4.62. The Bertz CT molecular complexity index is 677. The van der Waals surface area contributed by atoms with E-state index in [0.717, 1.165) is 31.4 Å². The van der Waals surface area contributed by atoms with E-state index in [0.29, 0.717) is 24.9 Å². The summed E-state index contributed by atoms with van der Waals surface area (Å²) < 4.78 is 11.2. The number of methoxy groups -OCH3 is 1. The number of carbonyl (C=O) groups excluding carboxylic acids is 1. The van der Waals surface area contributed by atoms with Gasteiger partial charge < -0.3 is 9.47 Å². The topological polar surface area (TPSA) is 42.1 Å². The second-order valence-electron chi connectivity index (χ2n) is 7.23. The maximum absolute atomic E-state index is 12.2. The van der Waals surface area contributed by atoms with Crippen molar-refractivity contribution in [1.82, 2.24) is 4.90 Å². The quantitative estimate of drug-likeness (QED) is 0.615. The summed E-state index contributed by atoms with van der Waals surface area (Å²) in [6.07, 6.45) is 10.1. The number of piperidine rings is 1. The summed E-state index contributed by atoms with van der Waals surface area (Å²) in [5, 5.41) is 0. The summed E-state index contributed by atoms with van der Waals surface area (Å²) in [5.41, 5.74) is 1.17. The number of benzene rings is 1. The average molecular weight is 325 g/mol. The predicted molar refractivity (Wildman–Crippen MR) is 90.9 cm³/mol. The van der Waals surface area contributed by atoms with Crippen LogP contribution in [0.2, 0.25) is 0 Å². The van der Waals surface area contributed by atoms with Gasteiger partial charge in [0.1, 0.15) is 17.6 Å². The smallest absolute Gasteiger partial charge is 0.148 e. The summed E-state index contributed by atoms with van der Waals surface area (Å²) in [7, 11) is 1.68. The molecule has 3 fully saturated rings. The summed E-state index contributed by atoms with van der Waals surface area (Å²) in [5.74, 6) is 3.95. The Hall–Kier alpha value is -1.83. The molecule has 0 radical (unpaired) electrons. The van der Waals surface area contributed by atoms with Gasteiger partial charge in [0.25, 0.3) is 0 Å². The highest BCUT2D eigenvalue weighted by Crippen LogP contribution is 2.50. The number of hydrogen-bond acceptors (Lipinski definition) is 4. The van der Waals surface area contributed by atoms with E-state index in [1.165, 1.54) is 5.56 Å². The molecule has 24 heavy (non-hydrogen) atoms. The minimum Gasteiger partial charge on any atom is -0.497 e. The highest BCUT2D eigenvalue weighted by atomic mass is 16.6. The van der Waals surface area contributed by atoms with Crippen LogP contribution in [0.25, 0.3) is 0 Å². The molecule has 0 bridgehead atoms. The first-order chi connectivity index (χ1) is 11.6. The van der Waals surface area contributed by atoms with Gasteiger partial charge in [-0.25, -0.2) is 0 Å². The van der Waals surface area contributed by atoms with E-state index in [9.17, 15) is 4.79 Å². The maximum atomic E-state index is 12.2. The van der Waals surface area contributed by atoms with Crippen molar-refractivity contribution < 1.29 is 14.3 Å². The zero-order valence-electron chi connectivity index (χ0n) is 14.0. The van der Waals surface area contributed by atoms with Crippen LogP contribution in [0.4, 0.5) is 0 Å². The highest BCUT2D eigenvalue weighted by Gasteiger charge is 2.62. The number of nitrogens with zero attached hydrogens (tertiary/aromatic N) is 1. The number of Topliss-reactive ketones (excluding diaryl/α,β-unsaturated/α-hetero) is 1. The SMILES string of the molecule is C#CCCC12CC(=O)CN1C(Cc1ccc(OC)cc1)C1OC1C2. The lowest BCUT2D eigenvalue weighted by Crippen LogP contribution is -2.56. The molecule has 4 rings (SSSR count). The molecule has 0 aliphatic carbocycles. The molecule has 3 aliphatic heterocycles. The third kappa shape index (κ3) is 2.62. The Morgan fingerprint density at radius 1 is 1.42 bits per heavy atom. The van der Waals surface area contributed by atoms with Crippen LogP contribution in [0, 0.1) is 12.3 Å². The molecule has 0 N–H and O–H groups in total. The van der Waals surface area contributed by atoms with Crippen LogP contribution in [-0.4, -0.2) is 48.1 Å². The van der Waals surface area contributed by atoms with Crippen LogP contribution in [0.15, 0.2) is 24.3 Å². The summed E-state index contributed by atoms with van der Waals surface area (Å²) in [6.45, 7) is 0.540. The number of fused-ring (bicyclic) bond motifs is 2. The Balaban J connectivity index is 1.57. The van der Waals surface area contributed by atoms with Crippen molar-refractivity contribution in [3.63, 3.8) is 0 Å². The maximum Gasteiger partial charge on any atom is 0.148 e. The number of ether oxygens (including phenoxy) is 2. The predicted octanol–water partition coefficient (Wildman–Crippen LogP) is 2.20. The average Bonchev–Trinajstić information content (AvgIpc) is 3.27. The van der Waals surface area contributed by atoms with Crippen LogP contribution in [0.3, 0.4) is 0 Å². The highest BCUT2D eigenvalue weighted by molar-refractivity contribution is 5.84. The van der Waals surface area contributed by atoms with Crippen molar-refractivity contribution in [2.45, 2.75) is 55.9 Å². The van der Waals surface area contributed by atoms with Gasteiger partial charge in [-0.1, -0.05) is 12.1 Å². The molecule has 126 valence electrons. The molecule has 4 unspecified atom stereocenters. The number of hydrogen-bond donors (Lipinski definition) is 0. The van der Waals surface area contributed by atoms with Crippen LogP contribution < -0.4 is 4.74 Å². The number of epoxide rings is 1.